The number of nitrogens with one attached hydrogen (secondary N) is 2. The maximum Gasteiger partial charge on any atom is 0.277 e. The summed E-state index contributed by atoms with van der Waals surface area (Å²) in [6.07, 6.45) is 4.87. The molecule has 20 heteroatoms. The smallest absolute Gasteiger partial charge is 0.277 e. The lowest BCUT2D eigenvalue weighted by Crippen LogP contribution is -2.51. The molecule has 4 aromatic heterocycles. The summed E-state index contributed by atoms with van der Waals surface area (Å²) in [5.74, 6) is -0.0936. The summed E-state index contributed by atoms with van der Waals surface area (Å²) in [5, 5.41) is 16.2. The highest BCUT2D eigenvalue weighted by Crippen LogP contribution is 2.22. The van der Waals surface area contributed by atoms with Crippen LogP contribution in [0.4, 0.5) is 11.4 Å². The van der Waals surface area contributed by atoms with Crippen molar-refractivity contribution in [1.82, 2.24) is 49.1 Å². The number of carbonyl (C=O) groups is 6. The molecule has 0 radical (unpaired) electrons. The summed E-state index contributed by atoms with van der Waals surface area (Å²) in [5.41, 5.74) is 4.36. The van der Waals surface area contributed by atoms with Crippen molar-refractivity contribution in [2.75, 3.05) is 70.1 Å². The number of hydrogen-bond donors (Lipinski definition) is 2. The fraction of sp³-hybridized carbons (Fsp3) is 0.231. The maximum atomic E-state index is 12.9. The molecule has 10 rings (SSSR count). The van der Waals surface area contributed by atoms with E-state index in [1.54, 1.807) is 127 Å². The van der Waals surface area contributed by atoms with E-state index in [1.165, 1.54) is 13.4 Å². The normalized spacial score (nSPS) is 13.6. The Morgan fingerprint density at radius 2 is 1.00 bits per heavy atom. The number of ether oxygens (including phenoxy) is 1. The van der Waals surface area contributed by atoms with Crippen LogP contribution in [-0.2, 0) is 22.7 Å². The fourth-order valence-electron chi connectivity index (χ4n) is 8.31. The third-order valence-corrected chi connectivity index (χ3v) is 12.1. The van der Waals surface area contributed by atoms with Gasteiger partial charge in [-0.15, -0.1) is 0 Å². The number of pyridine rings is 1. The standard InChI is InChI=1S/C27H26N6O4.C25H24N6O4/c1-37-24-9-5-8-23(29-24)26(35)28-21-10-11-22-20(16-21)17-33(30-22)18-25(34)31-12-14-32(15-13-31)27(36)19-6-3-2-4-7-19;1-17-26-22(16-35-17)24(33)27-20-7-8-21-19(13-20)14-31(28-21)15-23(32)29-9-11-30(12-10-29)25(34)18-5-3-2-4-6-18/h2-11,16-17H,12-15,18H2,1H3,(H,28,35);2-8,13-14,16H,9-12,15H2,1H3,(H,27,33). The Kier molecular flexibility index (Phi) is 14.4. The predicted octanol–water partition coefficient (Wildman–Crippen LogP) is 5.25. The number of benzene rings is 4. The Balaban J connectivity index is 0.000000178. The first-order chi connectivity index (χ1) is 35.0. The molecule has 0 spiro atoms. The van der Waals surface area contributed by atoms with Crippen molar-refractivity contribution < 1.29 is 37.9 Å². The lowest BCUT2D eigenvalue weighted by molar-refractivity contribution is -0.134. The third kappa shape index (κ3) is 11.5. The highest BCUT2D eigenvalue weighted by Gasteiger charge is 2.27. The van der Waals surface area contributed by atoms with Crippen molar-refractivity contribution in [3.05, 3.63) is 162 Å². The van der Waals surface area contributed by atoms with Gasteiger partial charge >= 0.3 is 0 Å². The van der Waals surface area contributed by atoms with Crippen LogP contribution in [0.3, 0.4) is 0 Å². The topological polar surface area (TPSA) is 223 Å². The summed E-state index contributed by atoms with van der Waals surface area (Å²) in [6, 6.07) is 34.0. The zero-order chi connectivity index (χ0) is 50.1. The van der Waals surface area contributed by atoms with E-state index in [0.29, 0.717) is 97.7 Å². The van der Waals surface area contributed by atoms with Crippen molar-refractivity contribution in [2.45, 2.75) is 20.0 Å². The second kappa shape index (κ2) is 21.6. The van der Waals surface area contributed by atoms with Gasteiger partial charge in [0.2, 0.25) is 17.7 Å². The number of oxazole rings is 1. The van der Waals surface area contributed by atoms with Crippen LogP contribution in [0.5, 0.6) is 5.88 Å². The number of piperazine rings is 2. The number of rotatable bonds is 11. The summed E-state index contributed by atoms with van der Waals surface area (Å²) in [6.45, 7) is 5.76. The van der Waals surface area contributed by atoms with Crippen LogP contribution in [0.2, 0.25) is 0 Å². The molecule has 0 unspecified atom stereocenters. The van der Waals surface area contributed by atoms with Gasteiger partial charge in [0.05, 0.1) is 18.1 Å². The number of nitrogens with zero attached hydrogens (tertiary/aromatic N) is 10. The number of fused-ring (bicyclic) bond motifs is 2. The molecule has 0 aliphatic carbocycles. The predicted molar refractivity (Wildman–Crippen MR) is 265 cm³/mol. The van der Waals surface area contributed by atoms with Gasteiger partial charge in [-0.3, -0.25) is 38.1 Å². The van der Waals surface area contributed by atoms with Crippen LogP contribution in [0.25, 0.3) is 21.8 Å². The molecule has 0 atom stereocenters. The number of amides is 6. The van der Waals surface area contributed by atoms with E-state index >= 15 is 0 Å². The average molecular weight is 971 g/mol. The van der Waals surface area contributed by atoms with E-state index in [0.717, 1.165) is 10.8 Å². The van der Waals surface area contributed by atoms with Crippen molar-refractivity contribution in [1.29, 1.82) is 0 Å². The fourth-order valence-corrected chi connectivity index (χ4v) is 8.31. The molecule has 2 fully saturated rings. The van der Waals surface area contributed by atoms with Crippen LogP contribution >= 0.6 is 0 Å². The molecule has 6 heterocycles. The van der Waals surface area contributed by atoms with E-state index in [9.17, 15) is 28.8 Å². The van der Waals surface area contributed by atoms with Crippen molar-refractivity contribution in [2.24, 2.45) is 0 Å². The number of methoxy groups -OCH3 is 1. The highest BCUT2D eigenvalue weighted by atomic mass is 16.5. The second-order valence-electron chi connectivity index (χ2n) is 17.0. The molecular weight excluding hydrogens is 921 g/mol. The Morgan fingerprint density at radius 3 is 1.44 bits per heavy atom. The van der Waals surface area contributed by atoms with Crippen LogP contribution in [-0.4, -0.2) is 144 Å². The quantitative estimate of drug-likeness (QED) is 0.170. The maximum absolute atomic E-state index is 12.9. The molecule has 2 aliphatic rings. The lowest BCUT2D eigenvalue weighted by atomic mass is 10.2. The molecule has 0 bridgehead atoms. The number of hydrogen-bond acceptors (Lipinski definition) is 12. The molecule has 6 amide bonds. The summed E-state index contributed by atoms with van der Waals surface area (Å²) in [7, 11) is 1.49. The first kappa shape index (κ1) is 47.8. The minimum atomic E-state index is -0.367. The molecular formula is C52H50N12O8. The van der Waals surface area contributed by atoms with Gasteiger partial charge < -0.3 is 39.4 Å². The molecule has 0 saturated carbocycles. The van der Waals surface area contributed by atoms with Gasteiger partial charge in [0.25, 0.3) is 23.6 Å². The van der Waals surface area contributed by atoms with E-state index in [2.05, 4.69) is 30.8 Å². The molecule has 366 valence electrons. The van der Waals surface area contributed by atoms with Gasteiger partial charge in [-0.1, -0.05) is 42.5 Å². The first-order valence-corrected chi connectivity index (χ1v) is 23.2. The zero-order valence-electron chi connectivity index (χ0n) is 39.5. The Bertz CT molecular complexity index is 3260. The monoisotopic (exact) mass is 970 g/mol. The Labute approximate surface area is 412 Å². The lowest BCUT2D eigenvalue weighted by Gasteiger charge is -2.34. The van der Waals surface area contributed by atoms with E-state index < -0.39 is 0 Å². The van der Waals surface area contributed by atoms with Crippen LogP contribution in [0, 0.1) is 6.92 Å². The summed E-state index contributed by atoms with van der Waals surface area (Å²) >= 11 is 0. The second-order valence-corrected chi connectivity index (χ2v) is 17.0. The molecule has 4 aromatic carbocycles. The van der Waals surface area contributed by atoms with Crippen molar-refractivity contribution in [3.63, 3.8) is 0 Å². The number of aromatic nitrogens is 6. The van der Waals surface area contributed by atoms with Crippen LogP contribution in [0.1, 0.15) is 47.6 Å². The van der Waals surface area contributed by atoms with Crippen LogP contribution in [0.15, 0.2) is 138 Å². The van der Waals surface area contributed by atoms with Gasteiger partial charge in [-0.05, 0) is 66.7 Å². The highest BCUT2D eigenvalue weighted by molar-refractivity contribution is 6.04. The average Bonchev–Trinajstić information content (AvgIpc) is 4.16. The molecule has 2 N–H and O–H groups in total. The van der Waals surface area contributed by atoms with Gasteiger partial charge in [-0.25, -0.2) is 9.97 Å². The molecule has 20 nitrogen and oxygen atoms in total. The molecule has 2 aliphatic heterocycles. The summed E-state index contributed by atoms with van der Waals surface area (Å²) in [4.78, 5) is 91.1. The Hall–Kier alpha value is -9.20. The summed E-state index contributed by atoms with van der Waals surface area (Å²) < 4.78 is 13.4. The Morgan fingerprint density at radius 1 is 0.542 bits per heavy atom. The van der Waals surface area contributed by atoms with Crippen molar-refractivity contribution >= 4 is 68.6 Å². The van der Waals surface area contributed by atoms with E-state index in [4.69, 9.17) is 9.15 Å². The van der Waals surface area contributed by atoms with Gasteiger partial charge in [0.1, 0.15) is 25.0 Å². The van der Waals surface area contributed by atoms with E-state index in [-0.39, 0.29) is 59.9 Å². The molecule has 8 aromatic rings. The largest absolute Gasteiger partial charge is 0.481 e. The van der Waals surface area contributed by atoms with Gasteiger partial charge in [-0.2, -0.15) is 10.2 Å². The zero-order valence-corrected chi connectivity index (χ0v) is 39.5. The number of carbonyl (C=O) groups excluding carboxylic acids is 6. The molecule has 2 saturated heterocycles. The number of anilines is 2. The first-order valence-electron chi connectivity index (χ1n) is 23.2. The van der Waals surface area contributed by atoms with E-state index in [1.807, 2.05) is 36.4 Å². The minimum absolute atomic E-state index is 0.0161. The SMILES string of the molecule is COc1cccc(C(=O)Nc2ccc3nn(CC(=O)N4CCN(C(=O)c5ccccc5)CC4)cc3c2)n1.Cc1nc(C(=O)Nc2ccc3nn(CC(=O)N4CCN(C(=O)c5ccccc5)CC4)cc3c2)co1. The number of aryl methyl sites for hydroxylation is 1. The van der Waals surface area contributed by atoms with Gasteiger partial charge in [0.15, 0.2) is 11.6 Å². The molecule has 72 heavy (non-hydrogen) atoms. The van der Waals surface area contributed by atoms with Crippen molar-refractivity contribution in [3.8, 4) is 5.88 Å². The third-order valence-electron chi connectivity index (χ3n) is 12.1. The minimum Gasteiger partial charge on any atom is -0.481 e. The van der Waals surface area contributed by atoms with Gasteiger partial charge in [0, 0.05) is 111 Å². The van der Waals surface area contributed by atoms with Crippen LogP contribution < -0.4 is 15.4 Å².